The summed E-state index contributed by atoms with van der Waals surface area (Å²) in [6, 6.07) is 9.26. The topological polar surface area (TPSA) is 57.4 Å². The Morgan fingerprint density at radius 1 is 1.25 bits per heavy atom. The Morgan fingerprint density at radius 2 is 2.00 bits per heavy atom. The summed E-state index contributed by atoms with van der Waals surface area (Å²) in [7, 11) is 1.63. The molecule has 0 spiro atoms. The molecule has 0 saturated carbocycles. The molecule has 2 rings (SSSR count). The van der Waals surface area contributed by atoms with Gasteiger partial charge in [-0.25, -0.2) is 0 Å². The molecule has 0 aliphatic rings. The van der Waals surface area contributed by atoms with E-state index in [9.17, 15) is 0 Å². The summed E-state index contributed by atoms with van der Waals surface area (Å²) in [5.74, 6) is 2.15. The number of nitrogens with two attached hydrogens (primary N) is 1. The monoisotopic (exact) mass is 336 g/mol. The van der Waals surface area contributed by atoms with Crippen molar-refractivity contribution in [2.45, 2.75) is 19.4 Å². The van der Waals surface area contributed by atoms with Crippen LogP contribution in [0.25, 0.3) is 0 Å². The molecule has 106 valence electrons. The van der Waals surface area contributed by atoms with Gasteiger partial charge in [-0.2, -0.15) is 0 Å². The van der Waals surface area contributed by atoms with Gasteiger partial charge in [-0.05, 0) is 52.7 Å². The zero-order valence-electron chi connectivity index (χ0n) is 11.5. The van der Waals surface area contributed by atoms with Gasteiger partial charge in [0.15, 0.2) is 0 Å². The first-order chi connectivity index (χ1) is 9.63. The average Bonchev–Trinajstić information content (AvgIpc) is 2.49. The Balaban J connectivity index is 2.14. The molecule has 20 heavy (non-hydrogen) atoms. The maximum atomic E-state index is 5.93. The van der Waals surface area contributed by atoms with Crippen molar-refractivity contribution in [1.29, 1.82) is 0 Å². The molecule has 1 aromatic carbocycles. The van der Waals surface area contributed by atoms with E-state index in [4.69, 9.17) is 15.2 Å². The van der Waals surface area contributed by atoms with Gasteiger partial charge in [0, 0.05) is 6.04 Å². The Bertz CT molecular complexity index is 573. The molecule has 2 aromatic rings. The predicted octanol–water partition coefficient (Wildman–Crippen LogP) is 4.05. The third-order valence-corrected chi connectivity index (χ3v) is 3.57. The molecular formula is C15H17BrN2O2. The van der Waals surface area contributed by atoms with Crippen molar-refractivity contribution in [3.63, 3.8) is 0 Å². The van der Waals surface area contributed by atoms with Crippen LogP contribution in [0, 0.1) is 0 Å². The van der Waals surface area contributed by atoms with Gasteiger partial charge in [-0.3, -0.25) is 4.98 Å². The number of benzene rings is 1. The molecule has 0 saturated heterocycles. The molecule has 2 N–H and O–H groups in total. The molecule has 0 fully saturated rings. The summed E-state index contributed by atoms with van der Waals surface area (Å²) >= 11 is 3.45. The van der Waals surface area contributed by atoms with E-state index in [2.05, 4.69) is 20.9 Å². The fraction of sp³-hybridized carbons (Fsp3) is 0.267. The van der Waals surface area contributed by atoms with E-state index in [-0.39, 0.29) is 6.04 Å². The van der Waals surface area contributed by atoms with E-state index < -0.39 is 0 Å². The van der Waals surface area contributed by atoms with Crippen LogP contribution >= 0.6 is 15.9 Å². The summed E-state index contributed by atoms with van der Waals surface area (Å²) < 4.78 is 11.7. The van der Waals surface area contributed by atoms with E-state index >= 15 is 0 Å². The van der Waals surface area contributed by atoms with E-state index in [0.717, 1.165) is 22.3 Å². The zero-order chi connectivity index (χ0) is 14.5. The molecule has 0 aliphatic heterocycles. The summed E-state index contributed by atoms with van der Waals surface area (Å²) in [4.78, 5) is 4.32. The molecule has 4 nitrogen and oxygen atoms in total. The molecule has 1 heterocycles. The number of nitrogens with zero attached hydrogens (tertiary/aromatic N) is 1. The second kappa shape index (κ2) is 6.72. The molecule has 1 atom stereocenters. The Hall–Kier alpha value is -1.59. The first-order valence-electron chi connectivity index (χ1n) is 6.37. The number of aromatic nitrogens is 1. The molecule has 0 amide bonds. The Labute approximate surface area is 127 Å². The van der Waals surface area contributed by atoms with Crippen LogP contribution < -0.4 is 15.2 Å². The highest BCUT2D eigenvalue weighted by atomic mass is 79.9. The predicted molar refractivity (Wildman–Crippen MR) is 82.2 cm³/mol. The third kappa shape index (κ3) is 3.49. The minimum atomic E-state index is -0.0308. The highest BCUT2D eigenvalue weighted by Gasteiger charge is 2.07. The molecule has 0 bridgehead atoms. The number of rotatable bonds is 5. The fourth-order valence-electron chi connectivity index (χ4n) is 1.70. The van der Waals surface area contributed by atoms with E-state index in [1.165, 1.54) is 0 Å². The fourth-order valence-corrected chi connectivity index (χ4v) is 2.14. The normalized spacial score (nSPS) is 12.0. The van der Waals surface area contributed by atoms with Crippen molar-refractivity contribution < 1.29 is 9.47 Å². The minimum Gasteiger partial charge on any atom is -0.497 e. The van der Waals surface area contributed by atoms with Crippen LogP contribution in [0.4, 0.5) is 0 Å². The van der Waals surface area contributed by atoms with Gasteiger partial charge in [0.05, 0.1) is 23.5 Å². The van der Waals surface area contributed by atoms with Crippen LogP contribution in [-0.4, -0.2) is 12.1 Å². The highest BCUT2D eigenvalue weighted by molar-refractivity contribution is 9.10. The standard InChI is InChI=1S/C15H17BrN2O2/c1-3-13(17)14-6-4-11(9-18-14)20-15-7-5-10(19-2)8-12(15)16/h4-9,13H,3,17H2,1-2H3/t13-/m1/s1. The van der Waals surface area contributed by atoms with Gasteiger partial charge in [0.1, 0.15) is 17.2 Å². The van der Waals surface area contributed by atoms with Crippen LogP contribution in [-0.2, 0) is 0 Å². The third-order valence-electron chi connectivity index (χ3n) is 2.95. The first kappa shape index (κ1) is 14.8. The summed E-state index contributed by atoms with van der Waals surface area (Å²) in [6.07, 6.45) is 2.54. The number of hydrogen-bond donors (Lipinski definition) is 1. The van der Waals surface area contributed by atoms with Gasteiger partial charge >= 0.3 is 0 Å². The van der Waals surface area contributed by atoms with Gasteiger partial charge in [-0.1, -0.05) is 6.92 Å². The van der Waals surface area contributed by atoms with Crippen LogP contribution in [0.2, 0.25) is 0 Å². The van der Waals surface area contributed by atoms with Gasteiger partial charge in [0.25, 0.3) is 0 Å². The lowest BCUT2D eigenvalue weighted by Crippen LogP contribution is -2.10. The maximum absolute atomic E-state index is 5.93. The van der Waals surface area contributed by atoms with Crippen LogP contribution in [0.3, 0.4) is 0 Å². The summed E-state index contributed by atoms with van der Waals surface area (Å²) in [5, 5.41) is 0. The van der Waals surface area contributed by atoms with Crippen molar-refractivity contribution in [3.8, 4) is 17.2 Å². The van der Waals surface area contributed by atoms with Crippen molar-refractivity contribution in [1.82, 2.24) is 4.98 Å². The van der Waals surface area contributed by atoms with Crippen LogP contribution in [0.15, 0.2) is 41.0 Å². The highest BCUT2D eigenvalue weighted by Crippen LogP contribution is 2.32. The lowest BCUT2D eigenvalue weighted by Gasteiger charge is -2.11. The Kier molecular flexibility index (Phi) is 4.98. The van der Waals surface area contributed by atoms with Crippen LogP contribution in [0.1, 0.15) is 25.1 Å². The van der Waals surface area contributed by atoms with Crippen molar-refractivity contribution >= 4 is 15.9 Å². The summed E-state index contributed by atoms with van der Waals surface area (Å²) in [5.41, 5.74) is 6.80. The van der Waals surface area contributed by atoms with Crippen molar-refractivity contribution in [2.75, 3.05) is 7.11 Å². The molecule has 1 aromatic heterocycles. The largest absolute Gasteiger partial charge is 0.497 e. The van der Waals surface area contributed by atoms with Crippen molar-refractivity contribution in [3.05, 3.63) is 46.7 Å². The zero-order valence-corrected chi connectivity index (χ0v) is 13.1. The number of pyridine rings is 1. The van der Waals surface area contributed by atoms with Crippen LogP contribution in [0.5, 0.6) is 17.2 Å². The second-order valence-electron chi connectivity index (χ2n) is 4.33. The lowest BCUT2D eigenvalue weighted by molar-refractivity contribution is 0.412. The van der Waals surface area contributed by atoms with Crippen molar-refractivity contribution in [2.24, 2.45) is 5.73 Å². The van der Waals surface area contributed by atoms with E-state index in [0.29, 0.717) is 11.5 Å². The lowest BCUT2D eigenvalue weighted by atomic mass is 10.1. The number of halogens is 1. The van der Waals surface area contributed by atoms with E-state index in [1.807, 2.05) is 37.3 Å². The smallest absolute Gasteiger partial charge is 0.145 e. The average molecular weight is 337 g/mol. The first-order valence-corrected chi connectivity index (χ1v) is 7.16. The number of ether oxygens (including phenoxy) is 2. The molecule has 5 heteroatoms. The molecule has 0 unspecified atom stereocenters. The molecule has 0 radical (unpaired) electrons. The minimum absolute atomic E-state index is 0.0308. The Morgan fingerprint density at radius 3 is 2.55 bits per heavy atom. The summed E-state index contributed by atoms with van der Waals surface area (Å²) in [6.45, 7) is 2.03. The quantitative estimate of drug-likeness (QED) is 0.894. The molecular weight excluding hydrogens is 320 g/mol. The molecule has 0 aliphatic carbocycles. The van der Waals surface area contributed by atoms with E-state index in [1.54, 1.807) is 13.3 Å². The number of methoxy groups -OCH3 is 1. The van der Waals surface area contributed by atoms with Gasteiger partial charge in [0.2, 0.25) is 0 Å². The maximum Gasteiger partial charge on any atom is 0.145 e. The second-order valence-corrected chi connectivity index (χ2v) is 5.19. The van der Waals surface area contributed by atoms with Gasteiger partial charge in [-0.15, -0.1) is 0 Å². The van der Waals surface area contributed by atoms with Gasteiger partial charge < -0.3 is 15.2 Å². The SMILES string of the molecule is CC[C@@H](N)c1ccc(Oc2ccc(OC)cc2Br)cn1. The number of hydrogen-bond acceptors (Lipinski definition) is 4.